The first kappa shape index (κ1) is 9.04. The average Bonchev–Trinajstić information content (AvgIpc) is 2.12. The third kappa shape index (κ3) is 2.41. The predicted molar refractivity (Wildman–Crippen MR) is 46.5 cm³/mol. The molecule has 1 rings (SSSR count). The van der Waals surface area contributed by atoms with Gasteiger partial charge in [0.1, 0.15) is 0 Å². The summed E-state index contributed by atoms with van der Waals surface area (Å²) in [6.45, 7) is 0. The van der Waals surface area contributed by atoms with Crippen LogP contribution in [-0.4, -0.2) is 11.5 Å². The van der Waals surface area contributed by atoms with E-state index >= 15 is 0 Å². The summed E-state index contributed by atoms with van der Waals surface area (Å²) < 4.78 is 1.73. The van der Waals surface area contributed by atoms with Crippen molar-refractivity contribution in [1.29, 1.82) is 0 Å². The molecule has 0 aromatic heterocycles. The van der Waals surface area contributed by atoms with Crippen molar-refractivity contribution < 1.29 is 0 Å². The maximum absolute atomic E-state index is 5.46. The fourth-order valence-electron chi connectivity index (χ4n) is 0.536. The Labute approximate surface area is 64.3 Å². The fraction of sp³-hybridized carbons (Fsp3) is 0.200. The number of hydrogen-bond donors (Lipinski definition) is 2. The van der Waals surface area contributed by atoms with Crippen LogP contribution in [0.4, 0.5) is 0 Å². The summed E-state index contributed by atoms with van der Waals surface area (Å²) in [5.74, 6) is 5.46. The van der Waals surface area contributed by atoms with Crippen LogP contribution in [0.15, 0.2) is 23.0 Å². The van der Waals surface area contributed by atoms with E-state index in [1.807, 2.05) is 19.2 Å². The minimum atomic E-state index is -0.254. The molecule has 0 aromatic carbocycles. The number of nitrogens with zero attached hydrogens (tertiary/aromatic N) is 1. The Morgan fingerprint density at radius 3 is 2.00 bits per heavy atom. The maximum atomic E-state index is 5.46. The van der Waals surface area contributed by atoms with Crippen LogP contribution in [0.2, 0.25) is 0 Å². The highest BCUT2D eigenvalue weighted by atomic mass is 35.5. The molecule has 0 fully saturated rings. The third-order valence-electron chi connectivity index (χ3n) is 0.953. The summed E-state index contributed by atoms with van der Waals surface area (Å²) in [5, 5.41) is 4.21. The second kappa shape index (κ2) is 3.95. The van der Waals surface area contributed by atoms with Gasteiger partial charge in [0.25, 0.3) is 0 Å². The van der Waals surface area contributed by atoms with Crippen molar-refractivity contribution in [3.05, 3.63) is 23.0 Å². The molecule has 0 saturated heterocycles. The Morgan fingerprint density at radius 2 is 1.78 bits per heavy atom. The lowest BCUT2D eigenvalue weighted by molar-refractivity contribution is 0.609. The van der Waals surface area contributed by atoms with E-state index in [4.69, 9.17) is 5.84 Å². The van der Waals surface area contributed by atoms with Gasteiger partial charge in [-0.25, -0.2) is 4.41 Å². The molecule has 0 unspecified atom stereocenters. The van der Waals surface area contributed by atoms with Crippen molar-refractivity contribution >= 4 is 23.5 Å². The number of hydrogen-bond acceptors (Lipinski definition) is 2. The summed E-state index contributed by atoms with van der Waals surface area (Å²) in [4.78, 5) is 0. The first-order chi connectivity index (χ1) is 3.80. The zero-order valence-electron chi connectivity index (χ0n) is 5.19. The highest BCUT2D eigenvalue weighted by Crippen LogP contribution is 2.32. The van der Waals surface area contributed by atoms with Crippen molar-refractivity contribution in [3.63, 3.8) is 0 Å². The Kier molecular flexibility index (Phi) is 3.97. The van der Waals surface area contributed by atoms with E-state index < -0.39 is 0 Å². The first-order valence-electron chi connectivity index (χ1n) is 2.42. The molecule has 0 saturated carbocycles. The van der Waals surface area contributed by atoms with Gasteiger partial charge in [-0.3, -0.25) is 5.84 Å². The molecule has 0 bridgehead atoms. The highest BCUT2D eigenvalue weighted by molar-refractivity contribution is 8.20. The first-order valence-corrected chi connectivity index (χ1v) is 3.85. The molecule has 0 amide bonds. The summed E-state index contributed by atoms with van der Waals surface area (Å²) in [6, 6.07) is 0. The molecule has 2 N–H and O–H groups in total. The number of halogens is 1. The van der Waals surface area contributed by atoms with Crippen molar-refractivity contribution in [1.82, 2.24) is 4.41 Å². The molecule has 0 radical (unpaired) electrons. The lowest BCUT2D eigenvalue weighted by atomic mass is 10.6. The quantitative estimate of drug-likeness (QED) is 0.348. The second-order valence-corrected chi connectivity index (χ2v) is 3.62. The summed E-state index contributed by atoms with van der Waals surface area (Å²) in [6.07, 6.45) is 4.05. The number of allylic oxidation sites excluding steroid dienone is 2. The van der Waals surface area contributed by atoms with Gasteiger partial charge in [-0.1, -0.05) is 12.2 Å². The van der Waals surface area contributed by atoms with Gasteiger partial charge in [-0.2, -0.15) is 0 Å². The van der Waals surface area contributed by atoms with Crippen LogP contribution in [0.3, 0.4) is 0 Å². The van der Waals surface area contributed by atoms with Crippen LogP contribution >= 0.6 is 23.5 Å². The lowest BCUT2D eigenvalue weighted by Crippen LogP contribution is -2.19. The Morgan fingerprint density at radius 1 is 1.33 bits per heavy atom. The van der Waals surface area contributed by atoms with Gasteiger partial charge in [-0.15, -0.1) is 23.5 Å². The molecular formula is C5H11ClN2S. The minimum absolute atomic E-state index is 0. The predicted octanol–water partition coefficient (Wildman–Crippen LogP) is 1.17. The van der Waals surface area contributed by atoms with Crippen LogP contribution in [0.25, 0.3) is 0 Å². The fourth-order valence-corrected chi connectivity index (χ4v) is 1.61. The van der Waals surface area contributed by atoms with Crippen molar-refractivity contribution in [2.24, 2.45) is 5.84 Å². The molecule has 0 atom stereocenters. The van der Waals surface area contributed by atoms with Gasteiger partial charge in [0, 0.05) is 7.05 Å². The van der Waals surface area contributed by atoms with Gasteiger partial charge in [0.05, 0.1) is 0 Å². The van der Waals surface area contributed by atoms with Gasteiger partial charge in [0.15, 0.2) is 0 Å². The SMILES string of the molecule is CN(N)[SH]1C=CC=C1.Cl. The van der Waals surface area contributed by atoms with Gasteiger partial charge >= 0.3 is 0 Å². The molecule has 0 spiro atoms. The van der Waals surface area contributed by atoms with E-state index in [0.29, 0.717) is 0 Å². The number of thiol groups is 1. The van der Waals surface area contributed by atoms with E-state index in [2.05, 4.69) is 10.8 Å². The zero-order chi connectivity index (χ0) is 5.98. The van der Waals surface area contributed by atoms with Crippen molar-refractivity contribution in [2.45, 2.75) is 0 Å². The van der Waals surface area contributed by atoms with Gasteiger partial charge in [-0.05, 0) is 10.8 Å². The number of hydrazine groups is 1. The monoisotopic (exact) mass is 166 g/mol. The largest absolute Gasteiger partial charge is 0.260 e. The summed E-state index contributed by atoms with van der Waals surface area (Å²) in [5.41, 5.74) is 0. The lowest BCUT2D eigenvalue weighted by Gasteiger charge is -2.17. The molecular weight excluding hydrogens is 156 g/mol. The normalized spacial score (nSPS) is 18.8. The maximum Gasteiger partial charge on any atom is 0.0115 e. The molecule has 1 aliphatic heterocycles. The Balaban J connectivity index is 0.000000640. The second-order valence-electron chi connectivity index (χ2n) is 1.64. The van der Waals surface area contributed by atoms with E-state index in [1.165, 1.54) is 0 Å². The minimum Gasteiger partial charge on any atom is -0.260 e. The van der Waals surface area contributed by atoms with Gasteiger partial charge in [0.2, 0.25) is 0 Å². The van der Waals surface area contributed by atoms with Crippen LogP contribution in [0.1, 0.15) is 0 Å². The van der Waals surface area contributed by atoms with Gasteiger partial charge < -0.3 is 0 Å². The molecule has 1 heterocycles. The van der Waals surface area contributed by atoms with E-state index in [1.54, 1.807) is 4.41 Å². The van der Waals surface area contributed by atoms with Crippen LogP contribution in [0.5, 0.6) is 0 Å². The highest BCUT2D eigenvalue weighted by Gasteiger charge is 1.98. The van der Waals surface area contributed by atoms with E-state index in [9.17, 15) is 0 Å². The van der Waals surface area contributed by atoms with Crippen molar-refractivity contribution in [2.75, 3.05) is 7.05 Å². The molecule has 0 aliphatic carbocycles. The average molecular weight is 167 g/mol. The Bertz CT molecular complexity index is 121. The molecule has 0 aromatic rings. The van der Waals surface area contributed by atoms with Crippen LogP contribution in [0, 0.1) is 0 Å². The third-order valence-corrected chi connectivity index (χ3v) is 2.64. The molecule has 1 aliphatic rings. The van der Waals surface area contributed by atoms with E-state index in [-0.39, 0.29) is 23.5 Å². The number of rotatable bonds is 1. The summed E-state index contributed by atoms with van der Waals surface area (Å²) in [7, 11) is 1.88. The Hall–Kier alpha value is 0.0400. The standard InChI is InChI=1S/C5H10N2S.ClH/c1-7(6)8-4-2-3-5-8;/h2-5,8H,6H2,1H3;1H. The molecule has 4 heteroatoms. The van der Waals surface area contributed by atoms with Crippen molar-refractivity contribution in [3.8, 4) is 0 Å². The molecule has 54 valence electrons. The van der Waals surface area contributed by atoms with Crippen LogP contribution < -0.4 is 5.84 Å². The van der Waals surface area contributed by atoms with E-state index in [0.717, 1.165) is 0 Å². The molecule has 9 heavy (non-hydrogen) atoms. The smallest absolute Gasteiger partial charge is 0.0115 e. The zero-order valence-corrected chi connectivity index (χ0v) is 6.90. The van der Waals surface area contributed by atoms with Crippen LogP contribution in [-0.2, 0) is 0 Å². The molecule has 2 nitrogen and oxygen atoms in total. The topological polar surface area (TPSA) is 29.3 Å². The number of nitrogens with two attached hydrogens (primary N) is 1. The summed E-state index contributed by atoms with van der Waals surface area (Å²) >= 11 is -0.254.